The second-order valence-electron chi connectivity index (χ2n) is 5.59. The minimum atomic E-state index is -0.103. The number of piperidine rings is 1. The van der Waals surface area contributed by atoms with Gasteiger partial charge in [-0.2, -0.15) is 0 Å². The molecule has 4 nitrogen and oxygen atoms in total. The molecule has 0 spiro atoms. The van der Waals surface area contributed by atoms with E-state index in [0.717, 1.165) is 30.6 Å². The number of anilines is 1. The minimum absolute atomic E-state index is 0.0132. The van der Waals surface area contributed by atoms with Gasteiger partial charge in [0.25, 0.3) is 0 Å². The summed E-state index contributed by atoms with van der Waals surface area (Å²) in [6.45, 7) is 6.94. The summed E-state index contributed by atoms with van der Waals surface area (Å²) in [7, 11) is 0. The van der Waals surface area contributed by atoms with Crippen LogP contribution in [0.15, 0.2) is 18.2 Å². The molecule has 1 atom stereocenters. The second kappa shape index (κ2) is 6.07. The zero-order chi connectivity index (χ0) is 14.7. The van der Waals surface area contributed by atoms with Crippen molar-refractivity contribution in [2.45, 2.75) is 33.6 Å². The van der Waals surface area contributed by atoms with Crippen LogP contribution in [0.1, 0.15) is 30.9 Å². The van der Waals surface area contributed by atoms with Crippen LogP contribution in [0.25, 0.3) is 0 Å². The number of rotatable bonds is 2. The van der Waals surface area contributed by atoms with Gasteiger partial charge in [-0.1, -0.05) is 6.07 Å². The first-order chi connectivity index (χ1) is 9.47. The van der Waals surface area contributed by atoms with Crippen LogP contribution in [0.2, 0.25) is 0 Å². The SMILES string of the molecule is CC(=O)N1CCC[C@H](C(=O)Nc2ccc(C)c(C)c2)C1. The molecular weight excluding hydrogens is 252 g/mol. The number of likely N-dealkylation sites (tertiary alicyclic amines) is 1. The molecule has 20 heavy (non-hydrogen) atoms. The van der Waals surface area contributed by atoms with Crippen LogP contribution in [0.3, 0.4) is 0 Å². The summed E-state index contributed by atoms with van der Waals surface area (Å²) >= 11 is 0. The van der Waals surface area contributed by atoms with Gasteiger partial charge in [-0.15, -0.1) is 0 Å². The number of benzene rings is 1. The Morgan fingerprint density at radius 2 is 2.00 bits per heavy atom. The van der Waals surface area contributed by atoms with Gasteiger partial charge in [-0.25, -0.2) is 0 Å². The summed E-state index contributed by atoms with van der Waals surface area (Å²) in [5.41, 5.74) is 3.21. The Morgan fingerprint density at radius 1 is 1.25 bits per heavy atom. The van der Waals surface area contributed by atoms with Gasteiger partial charge in [0.05, 0.1) is 5.92 Å². The minimum Gasteiger partial charge on any atom is -0.342 e. The molecule has 1 aliphatic rings. The Labute approximate surface area is 120 Å². The highest BCUT2D eigenvalue weighted by Gasteiger charge is 2.26. The number of nitrogens with zero attached hydrogens (tertiary/aromatic N) is 1. The lowest BCUT2D eigenvalue weighted by Gasteiger charge is -2.31. The number of amides is 2. The van der Waals surface area contributed by atoms with E-state index in [1.54, 1.807) is 11.8 Å². The van der Waals surface area contributed by atoms with Gasteiger partial charge in [0.15, 0.2) is 0 Å². The summed E-state index contributed by atoms with van der Waals surface area (Å²) in [5, 5.41) is 2.96. The lowest BCUT2D eigenvalue weighted by molar-refractivity contribution is -0.132. The van der Waals surface area contributed by atoms with Gasteiger partial charge in [-0.3, -0.25) is 9.59 Å². The zero-order valence-corrected chi connectivity index (χ0v) is 12.4. The van der Waals surface area contributed by atoms with Gasteiger partial charge in [0.1, 0.15) is 0 Å². The van der Waals surface area contributed by atoms with Crippen molar-refractivity contribution >= 4 is 17.5 Å². The number of hydrogen-bond acceptors (Lipinski definition) is 2. The first-order valence-corrected chi connectivity index (χ1v) is 7.11. The van der Waals surface area contributed by atoms with E-state index in [-0.39, 0.29) is 17.7 Å². The van der Waals surface area contributed by atoms with Crippen molar-refractivity contribution in [1.82, 2.24) is 4.90 Å². The fourth-order valence-corrected chi connectivity index (χ4v) is 2.54. The molecule has 1 aromatic rings. The Morgan fingerprint density at radius 3 is 2.65 bits per heavy atom. The van der Waals surface area contributed by atoms with E-state index in [4.69, 9.17) is 0 Å². The molecule has 1 aromatic carbocycles. The molecule has 2 amide bonds. The van der Waals surface area contributed by atoms with Crippen LogP contribution in [0, 0.1) is 19.8 Å². The topological polar surface area (TPSA) is 49.4 Å². The maximum absolute atomic E-state index is 12.3. The normalized spacial score (nSPS) is 18.8. The van der Waals surface area contributed by atoms with E-state index in [0.29, 0.717) is 6.54 Å². The maximum atomic E-state index is 12.3. The van der Waals surface area contributed by atoms with E-state index >= 15 is 0 Å². The van der Waals surface area contributed by atoms with Crippen LogP contribution >= 0.6 is 0 Å². The smallest absolute Gasteiger partial charge is 0.229 e. The van der Waals surface area contributed by atoms with Gasteiger partial charge in [-0.05, 0) is 49.9 Å². The fourth-order valence-electron chi connectivity index (χ4n) is 2.54. The standard InChI is InChI=1S/C16H22N2O2/c1-11-6-7-15(9-12(11)2)17-16(20)14-5-4-8-18(10-14)13(3)19/h6-7,9,14H,4-5,8,10H2,1-3H3,(H,17,20)/t14-/m0/s1. The van der Waals surface area contributed by atoms with Crippen molar-refractivity contribution in [2.24, 2.45) is 5.92 Å². The Kier molecular flexibility index (Phi) is 4.42. The van der Waals surface area contributed by atoms with Crippen LogP contribution < -0.4 is 5.32 Å². The number of aryl methyl sites for hydroxylation is 2. The third-order valence-electron chi connectivity index (χ3n) is 4.01. The highest BCUT2D eigenvalue weighted by atomic mass is 16.2. The lowest BCUT2D eigenvalue weighted by atomic mass is 9.97. The van der Waals surface area contributed by atoms with Gasteiger partial charge >= 0.3 is 0 Å². The Balaban J connectivity index is 2.00. The number of nitrogens with one attached hydrogen (secondary N) is 1. The molecule has 1 fully saturated rings. The molecule has 1 saturated heterocycles. The van der Waals surface area contributed by atoms with Crippen molar-refractivity contribution in [3.05, 3.63) is 29.3 Å². The van der Waals surface area contributed by atoms with Crippen molar-refractivity contribution in [3.63, 3.8) is 0 Å². The molecule has 0 aliphatic carbocycles. The third-order valence-corrected chi connectivity index (χ3v) is 4.01. The monoisotopic (exact) mass is 274 g/mol. The number of hydrogen-bond donors (Lipinski definition) is 1. The Hall–Kier alpha value is -1.84. The largest absolute Gasteiger partial charge is 0.342 e. The van der Waals surface area contributed by atoms with Crippen molar-refractivity contribution in [3.8, 4) is 0 Å². The van der Waals surface area contributed by atoms with Crippen LogP contribution in [0.5, 0.6) is 0 Å². The van der Waals surface area contributed by atoms with Crippen LogP contribution in [-0.4, -0.2) is 29.8 Å². The summed E-state index contributed by atoms with van der Waals surface area (Å²) in [6, 6.07) is 5.91. The summed E-state index contributed by atoms with van der Waals surface area (Å²) < 4.78 is 0. The molecule has 4 heteroatoms. The van der Waals surface area contributed by atoms with Crippen molar-refractivity contribution in [2.75, 3.05) is 18.4 Å². The number of carbonyl (C=O) groups is 2. The summed E-state index contributed by atoms with van der Waals surface area (Å²) in [6.07, 6.45) is 1.74. The molecule has 0 bridgehead atoms. The van der Waals surface area contributed by atoms with Gasteiger partial charge < -0.3 is 10.2 Å². The number of carbonyl (C=O) groups excluding carboxylic acids is 2. The van der Waals surface area contributed by atoms with Crippen LogP contribution in [-0.2, 0) is 9.59 Å². The molecule has 0 aromatic heterocycles. The predicted molar refractivity (Wildman–Crippen MR) is 79.5 cm³/mol. The van der Waals surface area contributed by atoms with Gasteiger partial charge in [0.2, 0.25) is 11.8 Å². The van der Waals surface area contributed by atoms with E-state index in [1.165, 1.54) is 5.56 Å². The summed E-state index contributed by atoms with van der Waals surface area (Å²) in [4.78, 5) is 25.4. The average molecular weight is 274 g/mol. The molecule has 2 rings (SSSR count). The van der Waals surface area contributed by atoms with Crippen molar-refractivity contribution in [1.29, 1.82) is 0 Å². The highest BCUT2D eigenvalue weighted by Crippen LogP contribution is 2.20. The molecule has 0 unspecified atom stereocenters. The Bertz CT molecular complexity index is 525. The molecule has 1 aliphatic heterocycles. The fraction of sp³-hybridized carbons (Fsp3) is 0.500. The molecule has 1 N–H and O–H groups in total. The summed E-state index contributed by atoms with van der Waals surface area (Å²) in [5.74, 6) is -0.0397. The van der Waals surface area contributed by atoms with E-state index in [1.807, 2.05) is 32.0 Å². The lowest BCUT2D eigenvalue weighted by Crippen LogP contribution is -2.42. The van der Waals surface area contributed by atoms with Gasteiger partial charge in [0, 0.05) is 25.7 Å². The van der Waals surface area contributed by atoms with E-state index in [2.05, 4.69) is 5.32 Å². The highest BCUT2D eigenvalue weighted by molar-refractivity contribution is 5.93. The molecule has 0 saturated carbocycles. The first kappa shape index (κ1) is 14.6. The molecule has 0 radical (unpaired) electrons. The molecule has 1 heterocycles. The second-order valence-corrected chi connectivity index (χ2v) is 5.59. The van der Waals surface area contributed by atoms with E-state index < -0.39 is 0 Å². The predicted octanol–water partition coefficient (Wildman–Crippen LogP) is 2.50. The quantitative estimate of drug-likeness (QED) is 0.900. The van der Waals surface area contributed by atoms with E-state index in [9.17, 15) is 9.59 Å². The zero-order valence-electron chi connectivity index (χ0n) is 12.4. The molecular formula is C16H22N2O2. The first-order valence-electron chi connectivity index (χ1n) is 7.11. The third kappa shape index (κ3) is 3.38. The van der Waals surface area contributed by atoms with Crippen molar-refractivity contribution < 1.29 is 9.59 Å². The molecule has 108 valence electrons. The maximum Gasteiger partial charge on any atom is 0.229 e. The van der Waals surface area contributed by atoms with Crippen LogP contribution in [0.4, 0.5) is 5.69 Å². The average Bonchev–Trinajstić information content (AvgIpc) is 2.43.